The number of alkyl halides is 1. The second-order valence-corrected chi connectivity index (χ2v) is 12.0. The Hall–Kier alpha value is -3.77. The third-order valence-electron chi connectivity index (χ3n) is 8.55. The molecule has 6 heterocycles. The minimum absolute atomic E-state index is 0.0209. The maximum Gasteiger partial charge on any atom is 0.320 e. The van der Waals surface area contributed by atoms with Crippen molar-refractivity contribution in [2.75, 3.05) is 45.8 Å². The highest BCUT2D eigenvalue weighted by Crippen LogP contribution is 2.47. The van der Waals surface area contributed by atoms with Crippen LogP contribution in [-0.4, -0.2) is 71.6 Å². The minimum atomic E-state index is -0.943. The molecule has 0 radical (unpaired) electrons. The largest absolute Gasteiger partial charge is 0.475 e. The van der Waals surface area contributed by atoms with Crippen LogP contribution in [0.3, 0.4) is 0 Å². The van der Waals surface area contributed by atoms with Crippen LogP contribution in [0, 0.1) is 23.0 Å². The molecule has 2 atom stereocenters. The number of benzene rings is 1. The topological polar surface area (TPSA) is 129 Å². The smallest absolute Gasteiger partial charge is 0.320 e. The summed E-state index contributed by atoms with van der Waals surface area (Å²) in [6.45, 7) is 1.81. The summed E-state index contributed by atoms with van der Waals surface area (Å²) < 4.78 is 69.0. The Kier molecular flexibility index (Phi) is 7.00. The van der Waals surface area contributed by atoms with Gasteiger partial charge in [0, 0.05) is 31.0 Å². The molecule has 43 heavy (non-hydrogen) atoms. The fourth-order valence-electron chi connectivity index (χ4n) is 6.65. The van der Waals surface area contributed by atoms with Gasteiger partial charge in [0.25, 0.3) is 0 Å². The number of halogens is 3. The molecule has 0 bridgehead atoms. The standard InChI is InChI=1S/C29H27F3N6O4S/c1-39-5-6-41-27-21-17-12-40-11-16(17)19(23-20-15(8-33)26(34)43-25(20)18(31)9-35-23)22(32)24(21)36-28(37-27)42-13-29-3-2-4-38(29)10-14(30)7-29/h9,14H,2-7,10-13,34H2,1H3/t14-,29+/m1/s1. The molecule has 2 fully saturated rings. The second kappa shape index (κ2) is 10.7. The van der Waals surface area contributed by atoms with E-state index in [1.165, 1.54) is 7.11 Å². The van der Waals surface area contributed by atoms with E-state index in [2.05, 4.69) is 19.9 Å². The van der Waals surface area contributed by atoms with Crippen LogP contribution < -0.4 is 15.2 Å². The summed E-state index contributed by atoms with van der Waals surface area (Å²) in [5, 5.41) is 10.4. The van der Waals surface area contributed by atoms with Crippen molar-refractivity contribution >= 4 is 37.3 Å². The molecule has 4 aromatic rings. The first-order valence-corrected chi connectivity index (χ1v) is 14.7. The predicted octanol–water partition coefficient (Wildman–Crippen LogP) is 4.65. The molecule has 0 unspecified atom stereocenters. The average molecular weight is 613 g/mol. The summed E-state index contributed by atoms with van der Waals surface area (Å²) in [6.07, 6.45) is 2.10. The SMILES string of the molecule is COCCOc1nc(OC[C@@]23CCCN2C[C@H](F)C3)nc2c(F)c(-c3ncc(F)c4sc(N)c(C#N)c34)c3c(c12)COC3. The number of hydrogen-bond donors (Lipinski definition) is 1. The number of aromatic nitrogens is 3. The molecule has 2 saturated heterocycles. The molecule has 0 aliphatic carbocycles. The lowest BCUT2D eigenvalue weighted by Gasteiger charge is -2.30. The third kappa shape index (κ3) is 4.45. The Morgan fingerprint density at radius 3 is 2.86 bits per heavy atom. The molecular weight excluding hydrogens is 585 g/mol. The van der Waals surface area contributed by atoms with E-state index in [4.69, 9.17) is 24.7 Å². The number of nitrogens with zero attached hydrogens (tertiary/aromatic N) is 5. The molecule has 10 nitrogen and oxygen atoms in total. The van der Waals surface area contributed by atoms with Gasteiger partial charge in [-0.05, 0) is 30.5 Å². The summed E-state index contributed by atoms with van der Waals surface area (Å²) in [5.74, 6) is -1.35. The first-order valence-electron chi connectivity index (χ1n) is 13.9. The van der Waals surface area contributed by atoms with Gasteiger partial charge in [-0.3, -0.25) is 9.88 Å². The van der Waals surface area contributed by atoms with Crippen molar-refractivity contribution in [3.63, 3.8) is 0 Å². The van der Waals surface area contributed by atoms with E-state index < -0.39 is 23.3 Å². The van der Waals surface area contributed by atoms with E-state index in [9.17, 15) is 14.0 Å². The number of nitrogen functional groups attached to an aromatic ring is 1. The van der Waals surface area contributed by atoms with E-state index in [0.29, 0.717) is 29.5 Å². The van der Waals surface area contributed by atoms with Crippen LogP contribution in [0.4, 0.5) is 18.2 Å². The van der Waals surface area contributed by atoms with E-state index in [0.717, 1.165) is 36.9 Å². The van der Waals surface area contributed by atoms with Crippen LogP contribution in [0.2, 0.25) is 0 Å². The first kappa shape index (κ1) is 28.0. The molecule has 2 N–H and O–H groups in total. The van der Waals surface area contributed by atoms with Gasteiger partial charge in [-0.1, -0.05) is 0 Å². The molecule has 3 aliphatic rings. The number of hydrogen-bond acceptors (Lipinski definition) is 11. The highest BCUT2D eigenvalue weighted by Gasteiger charge is 2.49. The van der Waals surface area contributed by atoms with Gasteiger partial charge >= 0.3 is 6.01 Å². The Bertz CT molecular complexity index is 1810. The molecule has 0 amide bonds. The molecule has 0 spiro atoms. The van der Waals surface area contributed by atoms with Crippen LogP contribution >= 0.6 is 11.3 Å². The number of thiophene rings is 1. The van der Waals surface area contributed by atoms with Crippen molar-refractivity contribution in [2.45, 2.75) is 44.2 Å². The highest BCUT2D eigenvalue weighted by molar-refractivity contribution is 7.23. The van der Waals surface area contributed by atoms with Crippen molar-refractivity contribution in [1.82, 2.24) is 19.9 Å². The fraction of sp³-hybridized carbons (Fsp3) is 0.448. The Morgan fingerprint density at radius 1 is 1.21 bits per heavy atom. The fourth-order valence-corrected chi connectivity index (χ4v) is 7.57. The summed E-state index contributed by atoms with van der Waals surface area (Å²) in [6, 6.07) is 1.88. The van der Waals surface area contributed by atoms with Gasteiger partial charge in [-0.2, -0.15) is 15.2 Å². The Morgan fingerprint density at radius 2 is 2.05 bits per heavy atom. The van der Waals surface area contributed by atoms with Gasteiger partial charge in [0.2, 0.25) is 5.88 Å². The van der Waals surface area contributed by atoms with Gasteiger partial charge in [0.1, 0.15) is 36.0 Å². The van der Waals surface area contributed by atoms with Gasteiger partial charge in [0.05, 0.1) is 52.9 Å². The normalized spacial score (nSPS) is 21.4. The van der Waals surface area contributed by atoms with Crippen LogP contribution in [0.5, 0.6) is 11.9 Å². The van der Waals surface area contributed by atoms with Crippen LogP contribution in [-0.2, 0) is 22.7 Å². The molecule has 14 heteroatoms. The number of fused-ring (bicyclic) bond motifs is 5. The van der Waals surface area contributed by atoms with Crippen LogP contribution in [0.15, 0.2) is 6.20 Å². The number of methoxy groups -OCH3 is 1. The maximum atomic E-state index is 16.9. The molecular formula is C29H27F3N6O4S. The lowest BCUT2D eigenvalue weighted by Crippen LogP contribution is -2.43. The monoisotopic (exact) mass is 612 g/mol. The summed E-state index contributed by atoms with van der Waals surface area (Å²) in [5.41, 5.74) is 6.63. The van der Waals surface area contributed by atoms with E-state index in [1.807, 2.05) is 6.07 Å². The van der Waals surface area contributed by atoms with Crippen molar-refractivity contribution in [1.29, 1.82) is 5.26 Å². The quantitative estimate of drug-likeness (QED) is 0.281. The zero-order chi connectivity index (χ0) is 29.9. The maximum absolute atomic E-state index is 16.9. The lowest BCUT2D eigenvalue weighted by atomic mass is 9.93. The van der Waals surface area contributed by atoms with Gasteiger partial charge < -0.3 is 24.7 Å². The minimum Gasteiger partial charge on any atom is -0.475 e. The van der Waals surface area contributed by atoms with Gasteiger partial charge in [-0.25, -0.2) is 13.2 Å². The third-order valence-corrected chi connectivity index (χ3v) is 9.57. The number of rotatable bonds is 8. The number of pyridine rings is 1. The average Bonchev–Trinajstić information content (AvgIpc) is 3.75. The molecule has 3 aromatic heterocycles. The number of nitrogens with two attached hydrogens (primary N) is 1. The summed E-state index contributed by atoms with van der Waals surface area (Å²) in [4.78, 5) is 15.3. The number of anilines is 1. The van der Waals surface area contributed by atoms with Gasteiger partial charge in [-0.15, -0.1) is 11.3 Å². The molecule has 1 aromatic carbocycles. The predicted molar refractivity (Wildman–Crippen MR) is 152 cm³/mol. The molecule has 224 valence electrons. The highest BCUT2D eigenvalue weighted by atomic mass is 32.1. The lowest BCUT2D eigenvalue weighted by molar-refractivity contribution is 0.106. The van der Waals surface area contributed by atoms with Crippen LogP contribution in [0.25, 0.3) is 32.2 Å². The van der Waals surface area contributed by atoms with Crippen molar-refractivity contribution in [3.8, 4) is 29.2 Å². The second-order valence-electron chi connectivity index (χ2n) is 11.0. The number of nitriles is 1. The van der Waals surface area contributed by atoms with E-state index in [-0.39, 0.29) is 82.3 Å². The summed E-state index contributed by atoms with van der Waals surface area (Å²) >= 11 is 0.902. The van der Waals surface area contributed by atoms with Crippen molar-refractivity contribution in [2.24, 2.45) is 0 Å². The first-order chi connectivity index (χ1) is 20.8. The Labute approximate surface area is 248 Å². The molecule has 0 saturated carbocycles. The van der Waals surface area contributed by atoms with Crippen molar-refractivity contribution < 1.29 is 32.1 Å². The van der Waals surface area contributed by atoms with E-state index >= 15 is 4.39 Å². The van der Waals surface area contributed by atoms with Crippen molar-refractivity contribution in [3.05, 3.63) is 34.5 Å². The Balaban J connectivity index is 1.41. The summed E-state index contributed by atoms with van der Waals surface area (Å²) in [7, 11) is 1.53. The molecule has 3 aliphatic heterocycles. The van der Waals surface area contributed by atoms with E-state index in [1.54, 1.807) is 0 Å². The van der Waals surface area contributed by atoms with Gasteiger partial charge in [0.15, 0.2) is 11.6 Å². The molecule has 7 rings (SSSR count). The zero-order valence-electron chi connectivity index (χ0n) is 23.2. The zero-order valence-corrected chi connectivity index (χ0v) is 24.0. The number of ether oxygens (including phenoxy) is 4. The van der Waals surface area contributed by atoms with Crippen LogP contribution in [0.1, 0.15) is 36.0 Å².